The van der Waals surface area contributed by atoms with E-state index in [9.17, 15) is 4.79 Å². The second-order valence-electron chi connectivity index (χ2n) is 7.65. The second-order valence-corrected chi connectivity index (χ2v) is 7.65. The fraction of sp³-hybridized carbons (Fsp3) is 0.650. The van der Waals surface area contributed by atoms with Crippen LogP contribution in [0.15, 0.2) is 17.3 Å². The number of amides is 1. The molecule has 1 unspecified atom stereocenters. The van der Waals surface area contributed by atoms with E-state index in [0.29, 0.717) is 12.6 Å². The average molecular weight is 342 g/mol. The van der Waals surface area contributed by atoms with Gasteiger partial charge in [-0.05, 0) is 64.6 Å². The predicted octanol–water partition coefficient (Wildman–Crippen LogP) is 3.22. The van der Waals surface area contributed by atoms with Crippen LogP contribution in [0.25, 0.3) is 0 Å². The molecule has 2 aliphatic rings. The summed E-state index contributed by atoms with van der Waals surface area (Å²) < 4.78 is 0. The van der Waals surface area contributed by atoms with E-state index in [2.05, 4.69) is 39.8 Å². The van der Waals surface area contributed by atoms with Crippen molar-refractivity contribution < 1.29 is 4.79 Å². The van der Waals surface area contributed by atoms with Crippen molar-refractivity contribution in [2.24, 2.45) is 5.92 Å². The van der Waals surface area contributed by atoms with Gasteiger partial charge >= 0.3 is 0 Å². The van der Waals surface area contributed by atoms with Crippen molar-refractivity contribution in [1.82, 2.24) is 19.8 Å². The lowest BCUT2D eigenvalue weighted by Crippen LogP contribution is -2.45. The Hall–Kier alpha value is -1.75. The van der Waals surface area contributed by atoms with E-state index >= 15 is 0 Å². The predicted molar refractivity (Wildman–Crippen MR) is 98.8 cm³/mol. The number of carbonyl (C=O) groups excluding carboxylic acids is 1. The molecule has 0 spiro atoms. The molecule has 1 aliphatic carbocycles. The van der Waals surface area contributed by atoms with E-state index in [1.165, 1.54) is 30.5 Å². The molecule has 3 rings (SSSR count). The molecule has 0 fully saturated rings. The molecule has 1 aromatic heterocycles. The monoisotopic (exact) mass is 342 g/mol. The van der Waals surface area contributed by atoms with Gasteiger partial charge in [0.15, 0.2) is 0 Å². The van der Waals surface area contributed by atoms with Gasteiger partial charge in [0.1, 0.15) is 5.82 Å². The minimum absolute atomic E-state index is 0.123. The minimum Gasteiger partial charge on any atom is -0.303 e. The SMILES string of the molecule is Cc1cc(CCN(C)CN2C(=O)C(C)CC3=C2CCCC3)nc(C)n1. The van der Waals surface area contributed by atoms with E-state index in [4.69, 9.17) is 0 Å². The fourth-order valence-electron chi connectivity index (χ4n) is 4.05. The maximum atomic E-state index is 12.7. The zero-order chi connectivity index (χ0) is 18.0. The molecular weight excluding hydrogens is 312 g/mol. The molecule has 0 bridgehead atoms. The number of allylic oxidation sites excluding steroid dienone is 2. The van der Waals surface area contributed by atoms with Crippen LogP contribution < -0.4 is 0 Å². The molecule has 2 heterocycles. The molecule has 1 aromatic rings. The maximum Gasteiger partial charge on any atom is 0.230 e. The van der Waals surface area contributed by atoms with Gasteiger partial charge in [-0.25, -0.2) is 9.97 Å². The van der Waals surface area contributed by atoms with Gasteiger partial charge in [0, 0.05) is 36.0 Å². The lowest BCUT2D eigenvalue weighted by molar-refractivity contribution is -0.136. The highest BCUT2D eigenvalue weighted by molar-refractivity contribution is 5.82. The van der Waals surface area contributed by atoms with Crippen molar-refractivity contribution in [2.75, 3.05) is 20.3 Å². The van der Waals surface area contributed by atoms with E-state index < -0.39 is 0 Å². The van der Waals surface area contributed by atoms with Gasteiger partial charge < -0.3 is 4.90 Å². The Balaban J connectivity index is 1.64. The van der Waals surface area contributed by atoms with E-state index in [-0.39, 0.29) is 5.92 Å². The summed E-state index contributed by atoms with van der Waals surface area (Å²) in [6.07, 6.45) is 6.56. The van der Waals surface area contributed by atoms with Crippen LogP contribution in [0, 0.1) is 19.8 Å². The second kappa shape index (κ2) is 7.65. The standard InChI is InChI=1S/C20H30N4O/c1-14-11-17-7-5-6-8-19(17)24(20(14)25)13-23(4)10-9-18-12-15(2)21-16(3)22-18/h12,14H,5-11,13H2,1-4H3. The third kappa shape index (κ3) is 4.27. The van der Waals surface area contributed by atoms with Crippen LogP contribution in [0.1, 0.15) is 56.2 Å². The Kier molecular flexibility index (Phi) is 5.52. The first-order valence-corrected chi connectivity index (χ1v) is 9.46. The number of hydrogen-bond acceptors (Lipinski definition) is 4. The number of nitrogens with zero attached hydrogens (tertiary/aromatic N) is 4. The largest absolute Gasteiger partial charge is 0.303 e. The highest BCUT2D eigenvalue weighted by Crippen LogP contribution is 2.36. The number of aromatic nitrogens is 2. The Labute approximate surface area is 151 Å². The van der Waals surface area contributed by atoms with Crippen LogP contribution in [0.3, 0.4) is 0 Å². The number of carbonyl (C=O) groups is 1. The van der Waals surface area contributed by atoms with Gasteiger partial charge in [-0.1, -0.05) is 6.92 Å². The van der Waals surface area contributed by atoms with Gasteiger partial charge in [0.05, 0.1) is 6.67 Å². The average Bonchev–Trinajstić information content (AvgIpc) is 2.56. The van der Waals surface area contributed by atoms with Crippen molar-refractivity contribution in [3.63, 3.8) is 0 Å². The van der Waals surface area contributed by atoms with Crippen LogP contribution in [-0.4, -0.2) is 45.9 Å². The summed E-state index contributed by atoms with van der Waals surface area (Å²) in [6, 6.07) is 2.05. The summed E-state index contributed by atoms with van der Waals surface area (Å²) in [4.78, 5) is 25.9. The van der Waals surface area contributed by atoms with Gasteiger partial charge in [-0.15, -0.1) is 0 Å². The summed E-state index contributed by atoms with van der Waals surface area (Å²) in [5.74, 6) is 1.24. The molecule has 0 radical (unpaired) electrons. The van der Waals surface area contributed by atoms with Crippen LogP contribution in [0.4, 0.5) is 0 Å². The Bertz CT molecular complexity index is 662. The Morgan fingerprint density at radius 2 is 2.00 bits per heavy atom. The topological polar surface area (TPSA) is 49.3 Å². The summed E-state index contributed by atoms with van der Waals surface area (Å²) in [5, 5.41) is 0. The molecule has 1 atom stereocenters. The molecule has 1 aliphatic heterocycles. The van der Waals surface area contributed by atoms with Gasteiger partial charge in [-0.3, -0.25) is 9.69 Å². The first-order valence-electron chi connectivity index (χ1n) is 9.46. The molecule has 0 saturated heterocycles. The van der Waals surface area contributed by atoms with Gasteiger partial charge in [-0.2, -0.15) is 0 Å². The molecule has 5 heteroatoms. The van der Waals surface area contributed by atoms with Gasteiger partial charge in [0.2, 0.25) is 5.91 Å². The molecule has 0 N–H and O–H groups in total. The van der Waals surface area contributed by atoms with Crippen molar-refractivity contribution in [3.05, 3.63) is 34.5 Å². The lowest BCUT2D eigenvalue weighted by Gasteiger charge is -2.39. The lowest BCUT2D eigenvalue weighted by atomic mass is 9.85. The first kappa shape index (κ1) is 18.1. The van der Waals surface area contributed by atoms with Crippen LogP contribution in [-0.2, 0) is 11.2 Å². The maximum absolute atomic E-state index is 12.7. The molecular formula is C20H30N4O. The van der Waals surface area contributed by atoms with Gasteiger partial charge in [0.25, 0.3) is 0 Å². The third-order valence-electron chi connectivity index (χ3n) is 5.27. The number of likely N-dealkylation sites (N-methyl/N-ethyl adjacent to an activating group) is 1. The van der Waals surface area contributed by atoms with Crippen molar-refractivity contribution in [1.29, 1.82) is 0 Å². The smallest absolute Gasteiger partial charge is 0.230 e. The first-order chi connectivity index (χ1) is 11.9. The molecule has 25 heavy (non-hydrogen) atoms. The molecule has 5 nitrogen and oxygen atoms in total. The van der Waals surface area contributed by atoms with E-state index in [1.54, 1.807) is 0 Å². The van der Waals surface area contributed by atoms with Crippen molar-refractivity contribution >= 4 is 5.91 Å². The van der Waals surface area contributed by atoms with Crippen LogP contribution in [0.2, 0.25) is 0 Å². The Morgan fingerprint density at radius 1 is 1.24 bits per heavy atom. The number of aryl methyl sites for hydroxylation is 2. The fourth-order valence-corrected chi connectivity index (χ4v) is 4.05. The van der Waals surface area contributed by atoms with Crippen LogP contribution >= 0.6 is 0 Å². The van der Waals surface area contributed by atoms with Crippen molar-refractivity contribution in [3.8, 4) is 0 Å². The molecule has 136 valence electrons. The number of hydrogen-bond donors (Lipinski definition) is 0. The van der Waals surface area contributed by atoms with E-state index in [0.717, 1.165) is 43.0 Å². The van der Waals surface area contributed by atoms with Crippen molar-refractivity contribution in [2.45, 2.75) is 59.3 Å². The molecule has 0 aromatic carbocycles. The Morgan fingerprint density at radius 3 is 2.76 bits per heavy atom. The summed E-state index contributed by atoms with van der Waals surface area (Å²) in [7, 11) is 2.09. The quantitative estimate of drug-likeness (QED) is 0.824. The highest BCUT2D eigenvalue weighted by Gasteiger charge is 2.33. The zero-order valence-electron chi connectivity index (χ0n) is 16.0. The highest BCUT2D eigenvalue weighted by atomic mass is 16.2. The zero-order valence-corrected chi connectivity index (χ0v) is 16.0. The third-order valence-corrected chi connectivity index (χ3v) is 5.27. The minimum atomic E-state index is 0.123. The van der Waals surface area contributed by atoms with E-state index in [1.807, 2.05) is 13.8 Å². The summed E-state index contributed by atoms with van der Waals surface area (Å²) in [6.45, 7) is 7.58. The number of rotatable bonds is 5. The summed E-state index contributed by atoms with van der Waals surface area (Å²) >= 11 is 0. The van der Waals surface area contributed by atoms with Crippen LogP contribution in [0.5, 0.6) is 0 Å². The molecule has 1 amide bonds. The molecule has 0 saturated carbocycles. The normalized spacial score (nSPS) is 21.1. The summed E-state index contributed by atoms with van der Waals surface area (Å²) in [5.41, 5.74) is 4.93.